The predicted molar refractivity (Wildman–Crippen MR) is 109 cm³/mol. The quantitative estimate of drug-likeness (QED) is 0.528. The van der Waals surface area contributed by atoms with Crippen molar-refractivity contribution >= 4 is 38.0 Å². The van der Waals surface area contributed by atoms with Crippen LogP contribution in [0, 0.1) is 0 Å². The van der Waals surface area contributed by atoms with E-state index in [1.54, 1.807) is 35.2 Å². The Morgan fingerprint density at radius 1 is 1.18 bits per heavy atom. The van der Waals surface area contributed by atoms with Crippen molar-refractivity contribution in [3.05, 3.63) is 69.8 Å². The van der Waals surface area contributed by atoms with Gasteiger partial charge < -0.3 is 9.15 Å². The standard InChI is InChI=1S/C19H14N2O5S2/c1-28(23,24)21-15-8-17-13(7-18(15)26-12-5-3-2-4-6-12)19(22)14(9-25-17)16-10-27-11-20-16/h2-11,21H,1H3. The van der Waals surface area contributed by atoms with Gasteiger partial charge in [0.05, 0.1) is 34.1 Å². The van der Waals surface area contributed by atoms with Crippen molar-refractivity contribution in [2.45, 2.75) is 0 Å². The van der Waals surface area contributed by atoms with E-state index in [0.29, 0.717) is 17.0 Å². The highest BCUT2D eigenvalue weighted by Crippen LogP contribution is 2.34. The van der Waals surface area contributed by atoms with Crippen molar-refractivity contribution < 1.29 is 17.6 Å². The molecule has 0 saturated carbocycles. The van der Waals surface area contributed by atoms with Gasteiger partial charge >= 0.3 is 0 Å². The SMILES string of the molecule is CS(=O)(=O)Nc1cc2occ(-c3cscn3)c(=O)c2cc1Oc1ccccc1. The van der Waals surface area contributed by atoms with Gasteiger partial charge in [0.15, 0.2) is 5.75 Å². The van der Waals surface area contributed by atoms with Gasteiger partial charge in [0.1, 0.15) is 17.6 Å². The highest BCUT2D eigenvalue weighted by Gasteiger charge is 2.17. The summed E-state index contributed by atoms with van der Waals surface area (Å²) in [6.07, 6.45) is 2.35. The number of aromatic nitrogens is 1. The average molecular weight is 414 g/mol. The minimum Gasteiger partial charge on any atom is -0.463 e. The molecule has 7 nitrogen and oxygen atoms in total. The van der Waals surface area contributed by atoms with Crippen LogP contribution in [0.4, 0.5) is 5.69 Å². The summed E-state index contributed by atoms with van der Waals surface area (Å²) in [6.45, 7) is 0. The Morgan fingerprint density at radius 3 is 2.64 bits per heavy atom. The molecule has 0 radical (unpaired) electrons. The fourth-order valence-corrected chi connectivity index (χ4v) is 3.77. The Kier molecular flexibility index (Phi) is 4.62. The number of para-hydroxylation sites is 1. The molecule has 0 amide bonds. The lowest BCUT2D eigenvalue weighted by Gasteiger charge is -2.13. The van der Waals surface area contributed by atoms with Crippen LogP contribution in [0.15, 0.2) is 68.8 Å². The molecular formula is C19H14N2O5S2. The number of ether oxygens (including phenoxy) is 1. The van der Waals surface area contributed by atoms with E-state index < -0.39 is 10.0 Å². The summed E-state index contributed by atoms with van der Waals surface area (Å²) in [4.78, 5) is 17.1. The van der Waals surface area contributed by atoms with E-state index in [4.69, 9.17) is 9.15 Å². The zero-order chi connectivity index (χ0) is 19.7. The number of benzene rings is 2. The van der Waals surface area contributed by atoms with E-state index >= 15 is 0 Å². The molecule has 0 aliphatic carbocycles. The van der Waals surface area contributed by atoms with Crippen molar-refractivity contribution in [1.82, 2.24) is 4.98 Å². The molecule has 0 unspecified atom stereocenters. The Bertz CT molecular complexity index is 1300. The lowest BCUT2D eigenvalue weighted by atomic mass is 10.1. The van der Waals surface area contributed by atoms with Crippen LogP contribution in [0.3, 0.4) is 0 Å². The predicted octanol–water partition coefficient (Wildman–Crippen LogP) is 4.08. The van der Waals surface area contributed by atoms with Crippen LogP contribution in [0.25, 0.3) is 22.2 Å². The molecule has 2 aromatic carbocycles. The van der Waals surface area contributed by atoms with Gasteiger partial charge in [-0.3, -0.25) is 9.52 Å². The van der Waals surface area contributed by atoms with Crippen LogP contribution in [0.2, 0.25) is 0 Å². The maximum Gasteiger partial charge on any atom is 0.229 e. The largest absolute Gasteiger partial charge is 0.463 e. The van der Waals surface area contributed by atoms with Crippen LogP contribution >= 0.6 is 11.3 Å². The summed E-state index contributed by atoms with van der Waals surface area (Å²) in [5, 5.41) is 2.01. The Hall–Kier alpha value is -3.17. The van der Waals surface area contributed by atoms with Gasteiger partial charge in [0.2, 0.25) is 15.5 Å². The summed E-state index contributed by atoms with van der Waals surface area (Å²) in [5.74, 6) is 0.685. The van der Waals surface area contributed by atoms with Crippen molar-refractivity contribution in [3.8, 4) is 22.8 Å². The number of hydrogen-bond donors (Lipinski definition) is 1. The van der Waals surface area contributed by atoms with Crippen LogP contribution in [-0.4, -0.2) is 19.7 Å². The number of anilines is 1. The first-order valence-corrected chi connectivity index (χ1v) is 10.9. The first-order chi connectivity index (χ1) is 13.4. The lowest BCUT2D eigenvalue weighted by molar-refractivity contribution is 0.485. The van der Waals surface area contributed by atoms with E-state index in [-0.39, 0.29) is 27.8 Å². The third kappa shape index (κ3) is 3.75. The first-order valence-electron chi connectivity index (χ1n) is 8.09. The molecule has 4 aromatic rings. The van der Waals surface area contributed by atoms with Gasteiger partial charge in [-0.05, 0) is 18.2 Å². The third-order valence-corrected chi connectivity index (χ3v) is 5.03. The maximum atomic E-state index is 12.9. The summed E-state index contributed by atoms with van der Waals surface area (Å²) in [5.41, 5.74) is 2.59. The summed E-state index contributed by atoms with van der Waals surface area (Å²) in [7, 11) is -3.57. The van der Waals surface area contributed by atoms with Gasteiger partial charge in [0.25, 0.3) is 0 Å². The Labute approximate surface area is 164 Å². The van der Waals surface area contributed by atoms with Gasteiger partial charge in [-0.2, -0.15) is 0 Å². The molecule has 2 aromatic heterocycles. The average Bonchev–Trinajstić information content (AvgIpc) is 3.17. The molecule has 4 rings (SSSR count). The topological polar surface area (TPSA) is 98.5 Å². The lowest BCUT2D eigenvalue weighted by Crippen LogP contribution is -2.11. The summed E-state index contributed by atoms with van der Waals surface area (Å²) in [6, 6.07) is 11.8. The van der Waals surface area contributed by atoms with Crippen molar-refractivity contribution in [1.29, 1.82) is 0 Å². The molecule has 9 heteroatoms. The molecule has 2 heterocycles. The van der Waals surface area contributed by atoms with Gasteiger partial charge in [-0.25, -0.2) is 13.4 Å². The maximum absolute atomic E-state index is 12.9. The molecule has 0 saturated heterocycles. The fraction of sp³-hybridized carbons (Fsp3) is 0.0526. The van der Waals surface area contributed by atoms with Crippen LogP contribution in [-0.2, 0) is 10.0 Å². The minimum atomic E-state index is -3.57. The number of nitrogens with one attached hydrogen (secondary N) is 1. The van der Waals surface area contributed by atoms with Crippen LogP contribution in [0.1, 0.15) is 0 Å². The molecular weight excluding hydrogens is 400 g/mol. The molecule has 0 atom stereocenters. The van der Waals surface area contributed by atoms with E-state index in [2.05, 4.69) is 9.71 Å². The highest BCUT2D eigenvalue weighted by atomic mass is 32.2. The van der Waals surface area contributed by atoms with Gasteiger partial charge in [0, 0.05) is 11.4 Å². The number of fused-ring (bicyclic) bond motifs is 1. The van der Waals surface area contributed by atoms with E-state index in [0.717, 1.165) is 6.26 Å². The van der Waals surface area contributed by atoms with Crippen molar-refractivity contribution in [3.63, 3.8) is 0 Å². The monoisotopic (exact) mass is 414 g/mol. The van der Waals surface area contributed by atoms with E-state index in [1.807, 2.05) is 6.07 Å². The van der Waals surface area contributed by atoms with Crippen LogP contribution in [0.5, 0.6) is 11.5 Å². The van der Waals surface area contributed by atoms with Crippen molar-refractivity contribution in [2.75, 3.05) is 11.0 Å². The fourth-order valence-electron chi connectivity index (χ4n) is 2.66. The number of hydrogen-bond acceptors (Lipinski definition) is 7. The second-order valence-corrected chi connectivity index (χ2v) is 8.45. The molecule has 0 fully saturated rings. The van der Waals surface area contributed by atoms with E-state index in [9.17, 15) is 13.2 Å². The number of thiazole rings is 1. The number of sulfonamides is 1. The minimum absolute atomic E-state index is 0.170. The molecule has 1 N–H and O–H groups in total. The zero-order valence-corrected chi connectivity index (χ0v) is 16.2. The second-order valence-electron chi connectivity index (χ2n) is 5.99. The molecule has 0 aliphatic rings. The zero-order valence-electron chi connectivity index (χ0n) is 14.6. The number of nitrogens with zero attached hydrogens (tertiary/aromatic N) is 1. The molecule has 0 bridgehead atoms. The first kappa shape index (κ1) is 18.2. The van der Waals surface area contributed by atoms with E-state index in [1.165, 1.54) is 29.7 Å². The molecule has 28 heavy (non-hydrogen) atoms. The molecule has 142 valence electrons. The summed E-state index contributed by atoms with van der Waals surface area (Å²) < 4.78 is 37.3. The molecule has 0 aliphatic heterocycles. The van der Waals surface area contributed by atoms with Gasteiger partial charge in [-0.1, -0.05) is 18.2 Å². The second kappa shape index (κ2) is 7.10. The van der Waals surface area contributed by atoms with Crippen molar-refractivity contribution in [2.24, 2.45) is 0 Å². The summed E-state index contributed by atoms with van der Waals surface area (Å²) >= 11 is 1.37. The number of rotatable bonds is 5. The van der Waals surface area contributed by atoms with Gasteiger partial charge in [-0.15, -0.1) is 11.3 Å². The smallest absolute Gasteiger partial charge is 0.229 e. The Balaban J connectivity index is 1.91. The molecule has 0 spiro atoms. The Morgan fingerprint density at radius 2 is 1.96 bits per heavy atom. The van der Waals surface area contributed by atoms with Crippen LogP contribution < -0.4 is 14.9 Å². The normalized spacial score (nSPS) is 11.5. The third-order valence-electron chi connectivity index (χ3n) is 3.85. The highest BCUT2D eigenvalue weighted by molar-refractivity contribution is 7.92.